The number of rotatable bonds is 5. The van der Waals surface area contributed by atoms with Gasteiger partial charge in [0.2, 0.25) is 0 Å². The van der Waals surface area contributed by atoms with Crippen molar-refractivity contribution in [2.75, 3.05) is 6.54 Å². The van der Waals surface area contributed by atoms with E-state index >= 15 is 0 Å². The van der Waals surface area contributed by atoms with E-state index in [0.717, 1.165) is 23.2 Å². The van der Waals surface area contributed by atoms with Crippen molar-refractivity contribution in [1.29, 1.82) is 0 Å². The van der Waals surface area contributed by atoms with Gasteiger partial charge < -0.3 is 10.3 Å². The van der Waals surface area contributed by atoms with Gasteiger partial charge in [-0.15, -0.1) is 0 Å². The summed E-state index contributed by atoms with van der Waals surface area (Å²) in [6.07, 6.45) is 2.50. The third-order valence-corrected chi connectivity index (χ3v) is 3.58. The summed E-state index contributed by atoms with van der Waals surface area (Å²) in [6, 6.07) is 0. The largest absolute Gasteiger partial charge is 0.332 e. The molecule has 2 aromatic heterocycles. The van der Waals surface area contributed by atoms with Crippen LogP contribution in [0.3, 0.4) is 0 Å². The molecule has 20 heavy (non-hydrogen) atoms. The quantitative estimate of drug-likeness (QED) is 0.763. The van der Waals surface area contributed by atoms with Gasteiger partial charge in [0.1, 0.15) is 5.82 Å². The first-order valence-corrected chi connectivity index (χ1v) is 6.88. The summed E-state index contributed by atoms with van der Waals surface area (Å²) in [6.45, 7) is 3.32. The Morgan fingerprint density at radius 2 is 1.85 bits per heavy atom. The van der Waals surface area contributed by atoms with E-state index < -0.39 is 0 Å². The molecule has 0 aliphatic carbocycles. The van der Waals surface area contributed by atoms with Gasteiger partial charge in [-0.3, -0.25) is 13.9 Å². The fraction of sp³-hybridized carbons (Fsp3) is 0.615. The van der Waals surface area contributed by atoms with E-state index in [4.69, 9.17) is 5.73 Å². The average molecular weight is 279 g/mol. The molecule has 0 aliphatic heterocycles. The van der Waals surface area contributed by atoms with Crippen LogP contribution in [0.1, 0.15) is 25.6 Å². The molecule has 0 unspecified atom stereocenters. The summed E-state index contributed by atoms with van der Waals surface area (Å²) < 4.78 is 4.48. The third-order valence-electron chi connectivity index (χ3n) is 3.58. The Hall–Kier alpha value is -1.89. The Balaban J connectivity index is 2.72. The molecule has 0 fully saturated rings. The Bertz CT molecular complexity index is 738. The molecule has 7 heteroatoms. The lowest BCUT2D eigenvalue weighted by Gasteiger charge is -2.08. The number of aryl methyl sites for hydroxylation is 3. The maximum atomic E-state index is 12.3. The lowest BCUT2D eigenvalue weighted by molar-refractivity contribution is 0.601. The first-order valence-electron chi connectivity index (χ1n) is 6.88. The van der Waals surface area contributed by atoms with Gasteiger partial charge in [0, 0.05) is 27.1 Å². The zero-order chi connectivity index (χ0) is 14.9. The summed E-state index contributed by atoms with van der Waals surface area (Å²) in [4.78, 5) is 28.7. The lowest BCUT2D eigenvalue weighted by atomic mass is 10.3. The second-order valence-electron chi connectivity index (χ2n) is 4.91. The van der Waals surface area contributed by atoms with Crippen LogP contribution in [0.25, 0.3) is 11.2 Å². The van der Waals surface area contributed by atoms with Crippen molar-refractivity contribution >= 4 is 11.2 Å². The molecule has 110 valence electrons. The summed E-state index contributed by atoms with van der Waals surface area (Å²) in [5, 5.41) is 0. The van der Waals surface area contributed by atoms with Crippen LogP contribution in [0.5, 0.6) is 0 Å². The normalized spacial score (nSPS) is 11.4. The van der Waals surface area contributed by atoms with Gasteiger partial charge in [-0.1, -0.05) is 6.92 Å². The number of hydrogen-bond donors (Lipinski definition) is 1. The second-order valence-corrected chi connectivity index (χ2v) is 4.91. The highest BCUT2D eigenvalue weighted by molar-refractivity contribution is 5.71. The molecular formula is C13H21N5O2. The minimum Gasteiger partial charge on any atom is -0.330 e. The van der Waals surface area contributed by atoms with Crippen molar-refractivity contribution in [2.24, 2.45) is 19.8 Å². The molecular weight excluding hydrogens is 258 g/mol. The van der Waals surface area contributed by atoms with E-state index in [0.29, 0.717) is 30.7 Å². The van der Waals surface area contributed by atoms with Gasteiger partial charge in [-0.2, -0.15) is 0 Å². The molecule has 2 heterocycles. The van der Waals surface area contributed by atoms with E-state index in [1.165, 1.54) is 11.6 Å². The third kappa shape index (κ3) is 2.18. The van der Waals surface area contributed by atoms with Crippen molar-refractivity contribution in [3.8, 4) is 0 Å². The van der Waals surface area contributed by atoms with E-state index in [-0.39, 0.29) is 11.2 Å². The van der Waals surface area contributed by atoms with Crippen molar-refractivity contribution in [2.45, 2.75) is 32.7 Å². The predicted octanol–water partition coefficient (Wildman–Crippen LogP) is -0.265. The first-order chi connectivity index (χ1) is 9.52. The first kappa shape index (κ1) is 14.5. The van der Waals surface area contributed by atoms with Crippen LogP contribution in [-0.2, 0) is 27.1 Å². The van der Waals surface area contributed by atoms with E-state index in [2.05, 4.69) is 4.98 Å². The lowest BCUT2D eigenvalue weighted by Crippen LogP contribution is -2.37. The molecule has 0 atom stereocenters. The van der Waals surface area contributed by atoms with Gasteiger partial charge >= 0.3 is 5.69 Å². The smallest absolute Gasteiger partial charge is 0.330 e. The molecule has 2 aromatic rings. The molecule has 0 saturated heterocycles. The average Bonchev–Trinajstić information content (AvgIpc) is 2.82. The molecule has 7 nitrogen and oxygen atoms in total. The highest BCUT2D eigenvalue weighted by Crippen LogP contribution is 2.12. The van der Waals surface area contributed by atoms with Gasteiger partial charge in [0.05, 0.1) is 0 Å². The topological polar surface area (TPSA) is 87.8 Å². The molecule has 0 radical (unpaired) electrons. The maximum absolute atomic E-state index is 12.3. The summed E-state index contributed by atoms with van der Waals surface area (Å²) in [7, 11) is 3.13. The van der Waals surface area contributed by atoms with Crippen LogP contribution in [0.2, 0.25) is 0 Å². The molecule has 0 amide bonds. The summed E-state index contributed by atoms with van der Waals surface area (Å²) in [5.74, 6) is 0.829. The van der Waals surface area contributed by atoms with Crippen molar-refractivity contribution in [1.82, 2.24) is 18.7 Å². The Morgan fingerprint density at radius 1 is 1.15 bits per heavy atom. The number of imidazole rings is 1. The second kappa shape index (κ2) is 5.62. The van der Waals surface area contributed by atoms with Crippen molar-refractivity contribution in [3.05, 3.63) is 26.7 Å². The van der Waals surface area contributed by atoms with Gasteiger partial charge in [-0.25, -0.2) is 9.78 Å². The number of unbranched alkanes of at least 4 members (excludes halogenated alkanes) is 1. The molecule has 0 bridgehead atoms. The standard InChI is InChI=1S/C13H21N5O2/c1-4-9-15-11-10(18(9)8-6-5-7-14)12(19)17(3)13(20)16(11)2/h4-8,14H2,1-3H3. The Kier molecular flexibility index (Phi) is 4.08. The van der Waals surface area contributed by atoms with Gasteiger partial charge in [0.25, 0.3) is 5.56 Å². The molecule has 2 rings (SSSR count). The highest BCUT2D eigenvalue weighted by Gasteiger charge is 2.17. The summed E-state index contributed by atoms with van der Waals surface area (Å²) in [5.41, 5.74) is 5.84. The minimum atomic E-state index is -0.350. The van der Waals surface area contributed by atoms with E-state index in [9.17, 15) is 9.59 Å². The maximum Gasteiger partial charge on any atom is 0.332 e. The van der Waals surface area contributed by atoms with E-state index in [1.54, 1.807) is 7.05 Å². The zero-order valence-corrected chi connectivity index (χ0v) is 12.2. The van der Waals surface area contributed by atoms with Crippen molar-refractivity contribution < 1.29 is 0 Å². The van der Waals surface area contributed by atoms with Crippen LogP contribution in [0, 0.1) is 0 Å². The number of nitrogens with two attached hydrogens (primary N) is 1. The number of nitrogens with zero attached hydrogens (tertiary/aromatic N) is 4. The number of fused-ring (bicyclic) bond motifs is 1. The van der Waals surface area contributed by atoms with Crippen LogP contribution in [-0.4, -0.2) is 25.2 Å². The van der Waals surface area contributed by atoms with Crippen LogP contribution >= 0.6 is 0 Å². The molecule has 0 saturated carbocycles. The van der Waals surface area contributed by atoms with Gasteiger partial charge in [0.15, 0.2) is 11.2 Å². The van der Waals surface area contributed by atoms with Crippen LogP contribution < -0.4 is 17.0 Å². The van der Waals surface area contributed by atoms with Crippen LogP contribution in [0.15, 0.2) is 9.59 Å². The molecule has 0 aromatic carbocycles. The summed E-state index contributed by atoms with van der Waals surface area (Å²) >= 11 is 0. The van der Waals surface area contributed by atoms with Gasteiger partial charge in [-0.05, 0) is 19.4 Å². The SMILES string of the molecule is CCc1nc2c(c(=O)n(C)c(=O)n2C)n1CCCCN. The monoisotopic (exact) mass is 279 g/mol. The molecule has 0 aliphatic rings. The van der Waals surface area contributed by atoms with Crippen molar-refractivity contribution in [3.63, 3.8) is 0 Å². The number of aromatic nitrogens is 4. The molecule has 0 spiro atoms. The Labute approximate surface area is 116 Å². The fourth-order valence-corrected chi connectivity index (χ4v) is 2.42. The van der Waals surface area contributed by atoms with Crippen LogP contribution in [0.4, 0.5) is 0 Å². The molecule has 2 N–H and O–H groups in total. The predicted molar refractivity (Wildman–Crippen MR) is 77.9 cm³/mol. The Morgan fingerprint density at radius 3 is 2.45 bits per heavy atom. The fourth-order valence-electron chi connectivity index (χ4n) is 2.42. The van der Waals surface area contributed by atoms with E-state index in [1.807, 2.05) is 11.5 Å². The highest BCUT2D eigenvalue weighted by atomic mass is 16.2. The zero-order valence-electron chi connectivity index (χ0n) is 12.2. The number of hydrogen-bond acceptors (Lipinski definition) is 4. The minimum absolute atomic E-state index is 0.289.